The molecule has 0 aliphatic rings. The second-order valence-electron chi connectivity index (χ2n) is 3.43. The zero-order valence-electron chi connectivity index (χ0n) is 10.6. The Labute approximate surface area is 98.1 Å². The molecule has 0 radical (unpaired) electrons. The van der Waals surface area contributed by atoms with Crippen molar-refractivity contribution in [3.63, 3.8) is 0 Å². The van der Waals surface area contributed by atoms with Crippen LogP contribution in [0, 0.1) is 0 Å². The molecule has 0 rings (SSSR count). The van der Waals surface area contributed by atoms with E-state index >= 15 is 0 Å². The lowest BCUT2D eigenvalue weighted by molar-refractivity contribution is -0.118. The summed E-state index contributed by atoms with van der Waals surface area (Å²) in [7, 11) is 1.74. The zero-order valence-corrected chi connectivity index (χ0v) is 11.6. The van der Waals surface area contributed by atoms with E-state index in [4.69, 9.17) is 13.3 Å². The average molecular weight is 247 g/mol. The Morgan fingerprint density at radius 1 is 1.31 bits per heavy atom. The highest BCUT2D eigenvalue weighted by Gasteiger charge is 2.47. The maximum absolute atomic E-state index is 11.6. The van der Waals surface area contributed by atoms with Crippen molar-refractivity contribution in [2.45, 2.75) is 25.9 Å². The molecule has 1 N–H and O–H groups in total. The maximum Gasteiger partial charge on any atom is 0.523 e. The molecule has 0 aromatic carbocycles. The molecular formula is C10H21NO4Si. The van der Waals surface area contributed by atoms with E-state index in [2.05, 4.69) is 11.9 Å². The van der Waals surface area contributed by atoms with Crippen molar-refractivity contribution < 1.29 is 18.1 Å². The summed E-state index contributed by atoms with van der Waals surface area (Å²) >= 11 is 0. The molecular weight excluding hydrogens is 226 g/mol. The van der Waals surface area contributed by atoms with Crippen LogP contribution < -0.4 is 5.32 Å². The van der Waals surface area contributed by atoms with Gasteiger partial charge in [0.15, 0.2) is 0 Å². The summed E-state index contributed by atoms with van der Waals surface area (Å²) in [5.41, 5.74) is 0.182. The Hall–Kier alpha value is -0.693. The van der Waals surface area contributed by atoms with Crippen LogP contribution in [-0.4, -0.2) is 41.7 Å². The van der Waals surface area contributed by atoms with Crippen LogP contribution >= 0.6 is 0 Å². The van der Waals surface area contributed by atoms with E-state index in [-0.39, 0.29) is 11.6 Å². The summed E-state index contributed by atoms with van der Waals surface area (Å²) in [6.07, 6.45) is 0.667. The minimum atomic E-state index is -2.83. The topological polar surface area (TPSA) is 56.8 Å². The first-order valence-electron chi connectivity index (χ1n) is 5.09. The minimum absolute atomic E-state index is 0.213. The molecule has 0 saturated heterocycles. The number of carbonyl (C=O) groups is 1. The van der Waals surface area contributed by atoms with E-state index in [9.17, 15) is 4.79 Å². The fourth-order valence-corrected chi connectivity index (χ4v) is 3.56. The lowest BCUT2D eigenvalue weighted by atomic mass is 10.3. The molecule has 0 aromatic heterocycles. The predicted molar refractivity (Wildman–Crippen MR) is 63.8 cm³/mol. The van der Waals surface area contributed by atoms with Gasteiger partial charge in [-0.2, -0.15) is 0 Å². The van der Waals surface area contributed by atoms with Crippen LogP contribution in [0.5, 0.6) is 0 Å². The van der Waals surface area contributed by atoms with E-state index in [1.165, 1.54) is 21.3 Å². The molecule has 0 aliphatic heterocycles. The first-order chi connectivity index (χ1) is 7.47. The molecule has 0 aliphatic carbocycles. The lowest BCUT2D eigenvalue weighted by Gasteiger charge is -2.32. The molecule has 0 heterocycles. The molecule has 1 amide bonds. The van der Waals surface area contributed by atoms with Crippen LogP contribution in [0.25, 0.3) is 0 Å². The fraction of sp³-hybridized carbons (Fsp3) is 0.700. The number of rotatable bonds is 7. The Kier molecular flexibility index (Phi) is 6.50. The maximum atomic E-state index is 11.6. The van der Waals surface area contributed by atoms with Crippen LogP contribution in [0.1, 0.15) is 20.3 Å². The molecule has 0 fully saturated rings. The normalized spacial score (nSPS) is 13.3. The van der Waals surface area contributed by atoms with Gasteiger partial charge < -0.3 is 18.6 Å². The first-order valence-corrected chi connectivity index (χ1v) is 6.89. The van der Waals surface area contributed by atoms with Crippen molar-refractivity contribution in [1.29, 1.82) is 0 Å². The van der Waals surface area contributed by atoms with Gasteiger partial charge in [0.1, 0.15) is 0 Å². The summed E-state index contributed by atoms with van der Waals surface area (Å²) < 4.78 is 16.0. The van der Waals surface area contributed by atoms with Crippen molar-refractivity contribution in [2.75, 3.05) is 21.3 Å². The Morgan fingerprint density at radius 3 is 2.00 bits per heavy atom. The molecule has 5 nitrogen and oxygen atoms in total. The van der Waals surface area contributed by atoms with Gasteiger partial charge in [-0.25, -0.2) is 0 Å². The van der Waals surface area contributed by atoms with Crippen molar-refractivity contribution in [3.8, 4) is 0 Å². The standard InChI is InChI=1S/C10H21NO4Si/c1-7-9(11-10(12)8(2)3)16(13-4,14-5)15-6/h9H,2,7H2,1,3-6H3,(H,11,12). The van der Waals surface area contributed by atoms with Crippen LogP contribution in [0.4, 0.5) is 0 Å². The van der Waals surface area contributed by atoms with Crippen LogP contribution in [0.3, 0.4) is 0 Å². The minimum Gasteiger partial charge on any atom is -0.376 e. The molecule has 94 valence electrons. The summed E-state index contributed by atoms with van der Waals surface area (Å²) in [5, 5.41) is 2.81. The van der Waals surface area contributed by atoms with E-state index in [0.29, 0.717) is 12.0 Å². The van der Waals surface area contributed by atoms with Gasteiger partial charge in [0.25, 0.3) is 0 Å². The number of hydrogen-bond acceptors (Lipinski definition) is 4. The van der Waals surface area contributed by atoms with Crippen molar-refractivity contribution in [1.82, 2.24) is 5.32 Å². The van der Waals surface area contributed by atoms with Crippen molar-refractivity contribution in [2.24, 2.45) is 0 Å². The third-order valence-electron chi connectivity index (χ3n) is 2.38. The van der Waals surface area contributed by atoms with Crippen LogP contribution in [0.15, 0.2) is 12.2 Å². The van der Waals surface area contributed by atoms with Crippen LogP contribution in [0.2, 0.25) is 0 Å². The summed E-state index contributed by atoms with van der Waals surface area (Å²) in [6.45, 7) is 7.17. The van der Waals surface area contributed by atoms with Gasteiger partial charge >= 0.3 is 8.80 Å². The smallest absolute Gasteiger partial charge is 0.376 e. The Balaban J connectivity index is 4.81. The molecule has 1 atom stereocenters. The van der Waals surface area contributed by atoms with Gasteiger partial charge in [-0.05, 0) is 13.3 Å². The van der Waals surface area contributed by atoms with Gasteiger partial charge in [-0.3, -0.25) is 4.79 Å². The Bertz CT molecular complexity index is 245. The predicted octanol–water partition coefficient (Wildman–Crippen LogP) is 0.875. The third-order valence-corrected chi connectivity index (χ3v) is 5.49. The summed E-state index contributed by atoms with van der Waals surface area (Å²) in [4.78, 5) is 11.6. The lowest BCUT2D eigenvalue weighted by Crippen LogP contribution is -2.61. The number of amides is 1. The first kappa shape index (κ1) is 15.3. The fourth-order valence-electron chi connectivity index (χ4n) is 1.40. The Morgan fingerprint density at radius 2 is 1.75 bits per heavy atom. The van der Waals surface area contributed by atoms with Crippen LogP contribution in [-0.2, 0) is 18.1 Å². The monoisotopic (exact) mass is 247 g/mol. The number of carbonyl (C=O) groups excluding carboxylic acids is 1. The third kappa shape index (κ3) is 3.41. The van der Waals surface area contributed by atoms with Gasteiger partial charge in [0.2, 0.25) is 5.91 Å². The quantitative estimate of drug-likeness (QED) is 0.536. The average Bonchev–Trinajstić information content (AvgIpc) is 2.29. The highest BCUT2D eigenvalue weighted by molar-refractivity contribution is 6.62. The van der Waals surface area contributed by atoms with Gasteiger partial charge in [-0.15, -0.1) is 0 Å². The van der Waals surface area contributed by atoms with E-state index < -0.39 is 8.80 Å². The number of hydrogen-bond donors (Lipinski definition) is 1. The van der Waals surface area contributed by atoms with Crippen molar-refractivity contribution >= 4 is 14.7 Å². The van der Waals surface area contributed by atoms with E-state index in [0.717, 1.165) is 0 Å². The molecule has 0 bridgehead atoms. The molecule has 0 saturated carbocycles. The molecule has 16 heavy (non-hydrogen) atoms. The highest BCUT2D eigenvalue weighted by Crippen LogP contribution is 2.15. The molecule has 1 unspecified atom stereocenters. The molecule has 6 heteroatoms. The highest BCUT2D eigenvalue weighted by atomic mass is 28.4. The number of nitrogens with one attached hydrogen (secondary N) is 1. The largest absolute Gasteiger partial charge is 0.523 e. The van der Waals surface area contributed by atoms with Gasteiger partial charge in [0.05, 0.1) is 5.67 Å². The SMILES string of the molecule is C=C(C)C(=O)NC(CC)[Si](OC)(OC)OC. The second kappa shape index (κ2) is 6.80. The molecule has 0 spiro atoms. The molecule has 0 aromatic rings. The van der Waals surface area contributed by atoms with E-state index in [1.54, 1.807) is 6.92 Å². The van der Waals surface area contributed by atoms with Crippen molar-refractivity contribution in [3.05, 3.63) is 12.2 Å². The second-order valence-corrected chi connectivity index (χ2v) is 6.56. The summed E-state index contributed by atoms with van der Waals surface area (Å²) in [6, 6.07) is 0. The van der Waals surface area contributed by atoms with E-state index in [1.807, 2.05) is 6.92 Å². The zero-order chi connectivity index (χ0) is 12.8. The summed E-state index contributed by atoms with van der Waals surface area (Å²) in [5.74, 6) is -0.213. The van der Waals surface area contributed by atoms with Gasteiger partial charge in [0, 0.05) is 26.9 Å². The van der Waals surface area contributed by atoms with Gasteiger partial charge in [-0.1, -0.05) is 13.5 Å².